The first-order chi connectivity index (χ1) is 15.3. The average Bonchev–Trinajstić information content (AvgIpc) is 3.08. The summed E-state index contributed by atoms with van der Waals surface area (Å²) in [7, 11) is 0. The quantitative estimate of drug-likeness (QED) is 0.184. The molecule has 0 aromatic heterocycles. The van der Waals surface area contributed by atoms with Gasteiger partial charge in [-0.1, -0.05) is 90.2 Å². The van der Waals surface area contributed by atoms with Gasteiger partial charge >= 0.3 is 0 Å². The maximum absolute atomic E-state index is 10.1. The lowest BCUT2D eigenvalue weighted by Crippen LogP contribution is -2.36. The van der Waals surface area contributed by atoms with Crippen molar-refractivity contribution in [1.29, 1.82) is 0 Å². The van der Waals surface area contributed by atoms with Crippen molar-refractivity contribution in [2.45, 2.75) is 143 Å². The van der Waals surface area contributed by atoms with Crippen LogP contribution in [0.4, 0.5) is 0 Å². The Morgan fingerprint density at radius 3 is 2.44 bits per heavy atom. The van der Waals surface area contributed by atoms with Crippen molar-refractivity contribution in [3.8, 4) is 0 Å². The summed E-state index contributed by atoms with van der Waals surface area (Å²) in [5.41, 5.74) is 1.77. The van der Waals surface area contributed by atoms with Gasteiger partial charge in [0.15, 0.2) is 0 Å². The van der Waals surface area contributed by atoms with Crippen LogP contribution in [0.2, 0.25) is 0 Å². The third-order valence-electron chi connectivity index (χ3n) is 8.89. The molecule has 0 aliphatic heterocycles. The summed E-state index contributed by atoms with van der Waals surface area (Å²) < 4.78 is 0. The molecule has 0 saturated heterocycles. The van der Waals surface area contributed by atoms with Gasteiger partial charge in [-0.15, -0.1) is 0 Å². The van der Waals surface area contributed by atoms with Crippen LogP contribution in [0, 0.1) is 23.2 Å². The number of hydrogen-bond donors (Lipinski definition) is 2. The fourth-order valence-electron chi connectivity index (χ4n) is 7.01. The van der Waals surface area contributed by atoms with Gasteiger partial charge < -0.3 is 10.4 Å². The number of hydrogen-bond acceptors (Lipinski definition) is 2. The molecule has 0 amide bonds. The highest BCUT2D eigenvalue weighted by atomic mass is 16.3. The van der Waals surface area contributed by atoms with Crippen molar-refractivity contribution in [2.24, 2.45) is 23.2 Å². The molecule has 2 aliphatic carbocycles. The van der Waals surface area contributed by atoms with Crippen LogP contribution in [0.15, 0.2) is 11.6 Å². The van der Waals surface area contributed by atoms with E-state index in [2.05, 4.69) is 32.2 Å². The molecular weight excluding hydrogens is 390 g/mol. The van der Waals surface area contributed by atoms with Crippen LogP contribution in [0.3, 0.4) is 0 Å². The molecule has 0 unspecified atom stereocenters. The predicted octanol–water partition coefficient (Wildman–Crippen LogP) is 8.44. The number of nitrogens with one attached hydrogen (secondary N) is 1. The molecule has 4 atom stereocenters. The summed E-state index contributed by atoms with van der Waals surface area (Å²) in [6.07, 6.45) is 24.1. The van der Waals surface area contributed by atoms with Gasteiger partial charge in [-0.05, 0) is 88.5 Å². The standard InChI is InChI=1S/C30H57NO/c1-6-7-8-9-10-11-12-13-23-31-24-20-26-17-15-22-30(5)27(18-19-28(26)30)25(2)16-14-21-29(3,4)32/h20,25,27-28,31-32H,6-19,21-24H2,1-5H3/b26-20+/t25-,27-,28+,30-/m1/s1. The number of fused-ring (bicyclic) bond motifs is 1. The second-order valence-electron chi connectivity index (χ2n) is 12.2. The summed E-state index contributed by atoms with van der Waals surface area (Å²) in [4.78, 5) is 0. The third kappa shape index (κ3) is 9.13. The molecule has 2 saturated carbocycles. The molecule has 2 heteroatoms. The molecule has 0 aromatic carbocycles. The Morgan fingerprint density at radius 1 is 1.06 bits per heavy atom. The molecule has 188 valence electrons. The Labute approximate surface area is 201 Å². The highest BCUT2D eigenvalue weighted by molar-refractivity contribution is 5.19. The van der Waals surface area contributed by atoms with E-state index in [1.165, 1.54) is 96.4 Å². The van der Waals surface area contributed by atoms with E-state index in [4.69, 9.17) is 0 Å². The van der Waals surface area contributed by atoms with Gasteiger partial charge in [0.25, 0.3) is 0 Å². The zero-order valence-corrected chi connectivity index (χ0v) is 22.5. The fourth-order valence-corrected chi connectivity index (χ4v) is 7.01. The normalized spacial score (nSPS) is 28.2. The van der Waals surface area contributed by atoms with Gasteiger partial charge in [0, 0.05) is 6.54 Å². The van der Waals surface area contributed by atoms with E-state index in [1.54, 1.807) is 5.57 Å². The minimum Gasteiger partial charge on any atom is -0.390 e. The maximum atomic E-state index is 10.1. The minimum atomic E-state index is -0.510. The lowest BCUT2D eigenvalue weighted by Gasteiger charge is -2.44. The molecular formula is C30H57NO. The topological polar surface area (TPSA) is 32.3 Å². The van der Waals surface area contributed by atoms with Crippen molar-refractivity contribution >= 4 is 0 Å². The highest BCUT2D eigenvalue weighted by Crippen LogP contribution is 2.59. The summed E-state index contributed by atoms with van der Waals surface area (Å²) in [6, 6.07) is 0. The molecule has 0 heterocycles. The molecule has 2 fully saturated rings. The summed E-state index contributed by atoms with van der Waals surface area (Å²) in [5, 5.41) is 13.8. The van der Waals surface area contributed by atoms with Crippen LogP contribution >= 0.6 is 0 Å². The largest absolute Gasteiger partial charge is 0.390 e. The van der Waals surface area contributed by atoms with Crippen LogP contribution in [0.25, 0.3) is 0 Å². The maximum Gasteiger partial charge on any atom is 0.0591 e. The summed E-state index contributed by atoms with van der Waals surface area (Å²) in [6.45, 7) is 13.6. The third-order valence-corrected chi connectivity index (χ3v) is 8.89. The molecule has 0 bridgehead atoms. The van der Waals surface area contributed by atoms with E-state index >= 15 is 0 Å². The summed E-state index contributed by atoms with van der Waals surface area (Å²) >= 11 is 0. The Morgan fingerprint density at radius 2 is 1.75 bits per heavy atom. The van der Waals surface area contributed by atoms with Gasteiger partial charge in [0.2, 0.25) is 0 Å². The van der Waals surface area contributed by atoms with Gasteiger partial charge in [0.1, 0.15) is 0 Å². The van der Waals surface area contributed by atoms with Crippen LogP contribution in [0.1, 0.15) is 137 Å². The Balaban J connectivity index is 1.70. The fraction of sp³-hybridized carbons (Fsp3) is 0.933. The van der Waals surface area contributed by atoms with E-state index in [9.17, 15) is 5.11 Å². The first-order valence-electron chi connectivity index (χ1n) is 14.4. The molecule has 2 rings (SSSR count). The number of unbranched alkanes of at least 4 members (excludes halogenated alkanes) is 7. The molecule has 2 aliphatic rings. The van der Waals surface area contributed by atoms with E-state index in [1.807, 2.05) is 13.8 Å². The van der Waals surface area contributed by atoms with Crippen LogP contribution in [0.5, 0.6) is 0 Å². The van der Waals surface area contributed by atoms with Gasteiger partial charge in [-0.3, -0.25) is 0 Å². The minimum absolute atomic E-state index is 0.510. The molecule has 0 aromatic rings. The SMILES string of the molecule is CCCCCCCCCCNC/C=C1\CCC[C@]2(C)[C@@H]([C@H](C)CCCC(C)(C)O)CC[C@@H]12. The molecule has 2 N–H and O–H groups in total. The van der Waals surface area contributed by atoms with Crippen molar-refractivity contribution in [1.82, 2.24) is 5.32 Å². The predicted molar refractivity (Wildman–Crippen MR) is 141 cm³/mol. The van der Waals surface area contributed by atoms with Crippen molar-refractivity contribution in [3.63, 3.8) is 0 Å². The monoisotopic (exact) mass is 447 g/mol. The smallest absolute Gasteiger partial charge is 0.0591 e. The molecule has 0 spiro atoms. The highest BCUT2D eigenvalue weighted by Gasteiger charge is 2.50. The zero-order chi connectivity index (χ0) is 23.5. The Bertz CT molecular complexity index is 533. The van der Waals surface area contributed by atoms with Gasteiger partial charge in [0.05, 0.1) is 5.60 Å². The van der Waals surface area contributed by atoms with E-state index < -0.39 is 5.60 Å². The summed E-state index contributed by atoms with van der Waals surface area (Å²) in [5.74, 6) is 2.47. The number of aliphatic hydroxyl groups is 1. The molecule has 0 radical (unpaired) electrons. The van der Waals surface area contributed by atoms with Crippen LogP contribution in [-0.2, 0) is 0 Å². The average molecular weight is 448 g/mol. The first-order valence-corrected chi connectivity index (χ1v) is 14.4. The first kappa shape index (κ1) is 27.9. The van der Waals surface area contributed by atoms with Crippen molar-refractivity contribution in [2.75, 3.05) is 13.1 Å². The van der Waals surface area contributed by atoms with E-state index in [0.717, 1.165) is 37.1 Å². The van der Waals surface area contributed by atoms with E-state index in [-0.39, 0.29) is 0 Å². The molecule has 32 heavy (non-hydrogen) atoms. The second kappa shape index (κ2) is 14.1. The molecule has 2 nitrogen and oxygen atoms in total. The van der Waals surface area contributed by atoms with Crippen molar-refractivity contribution in [3.05, 3.63) is 11.6 Å². The lowest BCUT2D eigenvalue weighted by atomic mass is 9.60. The van der Waals surface area contributed by atoms with Crippen LogP contribution in [-0.4, -0.2) is 23.8 Å². The Hall–Kier alpha value is -0.340. The lowest BCUT2D eigenvalue weighted by molar-refractivity contribution is 0.0596. The second-order valence-corrected chi connectivity index (χ2v) is 12.2. The van der Waals surface area contributed by atoms with Gasteiger partial charge in [-0.25, -0.2) is 0 Å². The van der Waals surface area contributed by atoms with Crippen LogP contribution < -0.4 is 5.32 Å². The van der Waals surface area contributed by atoms with Crippen molar-refractivity contribution < 1.29 is 5.11 Å². The number of rotatable bonds is 16. The Kier molecular flexibility index (Phi) is 12.3. The number of allylic oxidation sites excluding steroid dienone is 1. The zero-order valence-electron chi connectivity index (χ0n) is 22.5. The van der Waals surface area contributed by atoms with Gasteiger partial charge in [-0.2, -0.15) is 0 Å². The van der Waals surface area contributed by atoms with E-state index in [0.29, 0.717) is 5.41 Å².